The van der Waals surface area contributed by atoms with Gasteiger partial charge in [-0.2, -0.15) is 5.10 Å². The van der Waals surface area contributed by atoms with E-state index in [0.717, 1.165) is 22.3 Å². The fourth-order valence-corrected chi connectivity index (χ4v) is 4.12. The van der Waals surface area contributed by atoms with E-state index in [1.54, 1.807) is 23.2 Å². The molecular formula is C26H20F3N7OS. The Bertz CT molecular complexity index is 1660. The first-order valence-electron chi connectivity index (χ1n) is 11.3. The van der Waals surface area contributed by atoms with Crippen molar-refractivity contribution in [3.8, 4) is 11.4 Å². The van der Waals surface area contributed by atoms with Gasteiger partial charge in [-0.15, -0.1) is 13.2 Å². The number of ether oxygens (including phenoxy) is 1. The van der Waals surface area contributed by atoms with E-state index in [0.29, 0.717) is 33.0 Å². The van der Waals surface area contributed by atoms with Crippen molar-refractivity contribution in [2.45, 2.75) is 20.2 Å². The highest BCUT2D eigenvalue weighted by Gasteiger charge is 2.31. The molecule has 38 heavy (non-hydrogen) atoms. The quantitative estimate of drug-likeness (QED) is 0.167. The summed E-state index contributed by atoms with van der Waals surface area (Å²) in [7, 11) is 0. The van der Waals surface area contributed by atoms with Crippen LogP contribution in [-0.4, -0.2) is 37.2 Å². The van der Waals surface area contributed by atoms with Crippen LogP contribution >= 0.6 is 12.2 Å². The molecule has 192 valence electrons. The number of nitrogens with zero attached hydrogens (tertiary/aromatic N) is 5. The van der Waals surface area contributed by atoms with Gasteiger partial charge in [0.05, 0.1) is 23.4 Å². The molecule has 0 saturated heterocycles. The number of para-hydroxylation sites is 1. The van der Waals surface area contributed by atoms with Gasteiger partial charge in [-0.1, -0.05) is 18.2 Å². The van der Waals surface area contributed by atoms with Crippen LogP contribution < -0.4 is 15.5 Å². The van der Waals surface area contributed by atoms with Crippen molar-refractivity contribution in [1.82, 2.24) is 24.9 Å². The predicted octanol–water partition coefficient (Wildman–Crippen LogP) is 5.80. The second-order valence-electron chi connectivity index (χ2n) is 8.34. The number of rotatable bonds is 5. The molecule has 2 heterocycles. The Hall–Kier alpha value is -4.58. The van der Waals surface area contributed by atoms with Gasteiger partial charge in [0.25, 0.3) is 0 Å². The van der Waals surface area contributed by atoms with Crippen LogP contribution in [0.4, 0.5) is 18.9 Å². The van der Waals surface area contributed by atoms with E-state index in [2.05, 4.69) is 35.5 Å². The zero-order valence-corrected chi connectivity index (χ0v) is 20.9. The van der Waals surface area contributed by atoms with Crippen LogP contribution in [0.25, 0.3) is 27.8 Å². The molecular weight excluding hydrogens is 515 g/mol. The lowest BCUT2D eigenvalue weighted by molar-refractivity contribution is -0.274. The van der Waals surface area contributed by atoms with Gasteiger partial charge in [-0.05, 0) is 73.6 Å². The number of anilines is 1. The number of benzene rings is 3. The Balaban J connectivity index is 1.32. The third-order valence-corrected chi connectivity index (χ3v) is 5.87. The minimum absolute atomic E-state index is 0.299. The number of halogens is 3. The van der Waals surface area contributed by atoms with Gasteiger partial charge in [-0.3, -0.25) is 9.99 Å². The van der Waals surface area contributed by atoms with E-state index < -0.39 is 6.36 Å². The van der Waals surface area contributed by atoms with Crippen molar-refractivity contribution < 1.29 is 17.9 Å². The van der Waals surface area contributed by atoms with Crippen molar-refractivity contribution in [1.29, 1.82) is 0 Å². The lowest BCUT2D eigenvalue weighted by Crippen LogP contribution is -2.24. The summed E-state index contributed by atoms with van der Waals surface area (Å²) in [4.78, 5) is 13.5. The summed E-state index contributed by atoms with van der Waals surface area (Å²) in [5.74, 6) is -0.299. The second-order valence-corrected chi connectivity index (χ2v) is 8.75. The third kappa shape index (κ3) is 5.39. The van der Waals surface area contributed by atoms with Gasteiger partial charge in [0.2, 0.25) is 0 Å². The number of aromatic nitrogens is 4. The second kappa shape index (κ2) is 10.1. The van der Waals surface area contributed by atoms with Gasteiger partial charge in [0.1, 0.15) is 28.8 Å². The number of nitrogens with one attached hydrogen (secondary N) is 2. The Morgan fingerprint density at radius 1 is 1.00 bits per heavy atom. The van der Waals surface area contributed by atoms with Gasteiger partial charge in [0.15, 0.2) is 5.11 Å². The van der Waals surface area contributed by atoms with Crippen LogP contribution in [0, 0.1) is 13.8 Å². The van der Waals surface area contributed by atoms with Crippen molar-refractivity contribution in [2.75, 3.05) is 5.32 Å². The molecule has 2 aromatic heterocycles. The van der Waals surface area contributed by atoms with Crippen LogP contribution in [0.3, 0.4) is 0 Å². The molecule has 0 spiro atoms. The van der Waals surface area contributed by atoms with Crippen molar-refractivity contribution >= 4 is 51.3 Å². The smallest absolute Gasteiger partial charge is 0.406 e. The fraction of sp³-hybridized carbons (Fsp3) is 0.115. The molecule has 2 N–H and O–H groups in total. The Morgan fingerprint density at radius 2 is 1.74 bits per heavy atom. The maximum atomic E-state index is 12.4. The first kappa shape index (κ1) is 25.1. The van der Waals surface area contributed by atoms with E-state index in [4.69, 9.17) is 12.2 Å². The molecule has 5 aromatic rings. The maximum Gasteiger partial charge on any atom is 0.573 e. The van der Waals surface area contributed by atoms with Crippen molar-refractivity contribution in [2.24, 2.45) is 5.10 Å². The molecule has 3 aromatic carbocycles. The van der Waals surface area contributed by atoms with Gasteiger partial charge in [0, 0.05) is 11.4 Å². The summed E-state index contributed by atoms with van der Waals surface area (Å²) in [5.41, 5.74) is 9.50. The van der Waals surface area contributed by atoms with E-state index >= 15 is 0 Å². The average Bonchev–Trinajstić information content (AvgIpc) is 3.30. The van der Waals surface area contributed by atoms with Crippen LogP contribution in [0.5, 0.6) is 5.75 Å². The highest BCUT2D eigenvalue weighted by molar-refractivity contribution is 7.80. The molecule has 0 aliphatic rings. The maximum absolute atomic E-state index is 12.4. The molecule has 0 aliphatic heterocycles. The summed E-state index contributed by atoms with van der Waals surface area (Å²) in [6, 6.07) is 15.1. The Labute approximate surface area is 220 Å². The highest BCUT2D eigenvalue weighted by atomic mass is 32.1. The Kier molecular flexibility index (Phi) is 6.64. The van der Waals surface area contributed by atoms with E-state index in [9.17, 15) is 13.2 Å². The topological polar surface area (TPSA) is 89.2 Å². The zero-order chi connectivity index (χ0) is 26.9. The lowest BCUT2D eigenvalue weighted by atomic mass is 10.1. The lowest BCUT2D eigenvalue weighted by Gasteiger charge is -2.12. The SMILES string of the molecule is Cc1cccc(C)c1NC(=S)NN=Cc1cnc2c(ccc3c2ncn3-c2ccc(OC(F)(F)F)cc2)n1. The fourth-order valence-electron chi connectivity index (χ4n) is 3.96. The molecule has 0 fully saturated rings. The molecule has 12 heteroatoms. The van der Waals surface area contributed by atoms with Crippen LogP contribution in [-0.2, 0) is 0 Å². The summed E-state index contributed by atoms with van der Waals surface area (Å²) >= 11 is 5.33. The van der Waals surface area contributed by atoms with Crippen LogP contribution in [0.15, 0.2) is 72.2 Å². The van der Waals surface area contributed by atoms with E-state index in [-0.39, 0.29) is 5.75 Å². The van der Waals surface area contributed by atoms with E-state index in [1.165, 1.54) is 30.5 Å². The normalized spacial score (nSPS) is 11.8. The summed E-state index contributed by atoms with van der Waals surface area (Å²) < 4.78 is 43.0. The number of alkyl halides is 3. The number of thiocarbonyl (C=S) groups is 1. The summed E-state index contributed by atoms with van der Waals surface area (Å²) in [5, 5.41) is 7.65. The van der Waals surface area contributed by atoms with Crippen molar-refractivity contribution in [3.63, 3.8) is 0 Å². The van der Waals surface area contributed by atoms with Crippen LogP contribution in [0.2, 0.25) is 0 Å². The van der Waals surface area contributed by atoms with Gasteiger partial charge < -0.3 is 10.1 Å². The molecule has 0 bridgehead atoms. The number of fused-ring (bicyclic) bond motifs is 3. The molecule has 0 radical (unpaired) electrons. The molecule has 8 nitrogen and oxygen atoms in total. The van der Waals surface area contributed by atoms with Crippen molar-refractivity contribution in [3.05, 3.63) is 83.9 Å². The van der Waals surface area contributed by atoms with Gasteiger partial charge in [-0.25, -0.2) is 15.0 Å². The number of hydrogen-bond acceptors (Lipinski definition) is 6. The molecule has 0 saturated carbocycles. The first-order chi connectivity index (χ1) is 18.2. The molecule has 0 atom stereocenters. The predicted molar refractivity (Wildman–Crippen MR) is 144 cm³/mol. The minimum Gasteiger partial charge on any atom is -0.406 e. The van der Waals surface area contributed by atoms with Crippen LogP contribution in [0.1, 0.15) is 16.8 Å². The van der Waals surface area contributed by atoms with Gasteiger partial charge >= 0.3 is 6.36 Å². The molecule has 5 rings (SSSR count). The number of hydrazone groups is 1. The summed E-state index contributed by atoms with van der Waals surface area (Å²) in [6.07, 6.45) is -0.0891. The largest absolute Gasteiger partial charge is 0.573 e. The standard InChI is InChI=1S/C26H20F3N7OS/c1-15-4-3-5-16(2)22(15)34-25(38)35-32-13-17-12-30-23-20(33-17)10-11-21-24(23)31-14-36(21)18-6-8-19(9-7-18)37-26(27,28)29/h3-14H,1-2H3,(H2,34,35,38). The number of imidazole rings is 1. The molecule has 0 aliphatic carbocycles. The minimum atomic E-state index is -4.75. The highest BCUT2D eigenvalue weighted by Crippen LogP contribution is 2.27. The third-order valence-electron chi connectivity index (χ3n) is 5.68. The molecule has 0 unspecified atom stereocenters. The van der Waals surface area contributed by atoms with E-state index in [1.807, 2.05) is 38.1 Å². The summed E-state index contributed by atoms with van der Waals surface area (Å²) in [6.45, 7) is 3.99. The zero-order valence-electron chi connectivity index (χ0n) is 20.1. The number of aryl methyl sites for hydroxylation is 2. The Morgan fingerprint density at radius 3 is 2.45 bits per heavy atom. The average molecular weight is 536 g/mol. The number of hydrogen-bond donors (Lipinski definition) is 2. The first-order valence-corrected chi connectivity index (χ1v) is 11.7. The molecule has 0 amide bonds. The monoisotopic (exact) mass is 535 g/mol.